The molecular weight excluding hydrogens is 1460 g/mol. The molecule has 3 amide bonds. The maximum Gasteiger partial charge on any atom is 0.314 e. The van der Waals surface area contributed by atoms with Gasteiger partial charge in [-0.15, -0.1) is 0 Å². The predicted octanol–water partition coefficient (Wildman–Crippen LogP) is 19.4. The zero-order valence-electron chi connectivity index (χ0n) is 68.2. The molecule has 3 atom stereocenters. The second kappa shape index (κ2) is 37.6. The number of nitrogens with one attached hydrogen (secondary N) is 3. The summed E-state index contributed by atoms with van der Waals surface area (Å²) in [7, 11) is -36.1. The molecule has 0 aliphatic carbocycles. The van der Waals surface area contributed by atoms with Crippen molar-refractivity contribution in [3.63, 3.8) is 0 Å². The smallest absolute Gasteiger partial charge is 0.314 e. The zero-order valence-corrected chi connectivity index (χ0v) is 83.2. The SMILES string of the molecule is CCCC[Si](C)(C)O[Si](C)(C)O[Si](C)(C)O[Si](C)(C)O[Si](C)(C)CC[C@@H](C)NC(=O)c1cc(C(=O)N[C@H](C)CC[Si](C)(C)O[Si](C)(C)O[Si](C)(C)O[Si](C)(C)O[Si](C)(C)CCCC)cc(C(=O)N[C@H](C)CC[Si](C)(C)O[Si](C)(C)O[Si](C)(C)O[Si](C)(C)O[Si](C)(C)CCCC)c1. The number of hydrogen-bond donors (Lipinski definition) is 3. The number of unbranched alkanes of at least 4 members (excludes halogenated alkanes) is 3. The van der Waals surface area contributed by atoms with Crippen molar-refractivity contribution in [3.05, 3.63) is 34.9 Å². The Morgan fingerprint density at radius 2 is 0.417 bits per heavy atom. The van der Waals surface area contributed by atoms with E-state index < -0.39 is 127 Å². The van der Waals surface area contributed by atoms with Crippen molar-refractivity contribution < 1.29 is 63.8 Å². The maximum absolute atomic E-state index is 14.5. The first kappa shape index (κ1) is 94.4. The van der Waals surface area contributed by atoms with Gasteiger partial charge in [0.1, 0.15) is 0 Å². The van der Waals surface area contributed by atoms with E-state index in [-0.39, 0.29) is 52.5 Å². The average Bonchev–Trinajstić information content (AvgIpc) is 0.832. The molecule has 0 saturated carbocycles. The van der Waals surface area contributed by atoms with E-state index in [9.17, 15) is 14.4 Å². The average molecular weight is 1610 g/mol. The number of rotatable bonds is 48. The maximum atomic E-state index is 14.5. The van der Waals surface area contributed by atoms with Crippen LogP contribution in [-0.4, -0.2) is 163 Å². The van der Waals surface area contributed by atoms with Crippen molar-refractivity contribution in [2.75, 3.05) is 0 Å². The normalized spacial score (nSPS) is 15.4. The lowest BCUT2D eigenvalue weighted by Gasteiger charge is -2.42. The largest absolute Gasteiger partial charge is 0.436 e. The van der Waals surface area contributed by atoms with E-state index in [1.807, 2.05) is 20.8 Å². The van der Waals surface area contributed by atoms with E-state index in [1.165, 1.54) is 0 Å². The molecule has 0 fully saturated rings. The quantitative estimate of drug-likeness (QED) is 0.0521. The van der Waals surface area contributed by atoms with Crippen molar-refractivity contribution in [2.24, 2.45) is 0 Å². The third-order valence-electron chi connectivity index (χ3n) is 15.9. The lowest BCUT2D eigenvalue weighted by Crippen LogP contribution is -2.58. The summed E-state index contributed by atoms with van der Waals surface area (Å²) in [5.74, 6) is -1.11. The summed E-state index contributed by atoms with van der Waals surface area (Å²) in [6.07, 6.45) is 8.90. The Balaban J connectivity index is 3.45. The summed E-state index contributed by atoms with van der Waals surface area (Å²) < 4.78 is 82.6. The molecule has 3 N–H and O–H groups in total. The molecule has 1 aromatic rings. The zero-order chi connectivity index (χ0) is 75.0. The minimum atomic E-state index is -2.68. The van der Waals surface area contributed by atoms with Gasteiger partial charge in [0.2, 0.25) is 0 Å². The molecule has 0 heterocycles. The summed E-state index contributed by atoms with van der Waals surface area (Å²) in [5, 5.41) is 9.63. The summed E-state index contributed by atoms with van der Waals surface area (Å²) in [5.41, 5.74) is 0.674. The third kappa shape index (κ3) is 41.2. The molecule has 33 heteroatoms. The monoisotopic (exact) mass is 1610 g/mol. The van der Waals surface area contributed by atoms with Crippen LogP contribution < -0.4 is 16.0 Å². The molecule has 0 saturated heterocycles. The Morgan fingerprint density at radius 3 is 0.573 bits per heavy atom. The molecule has 0 bridgehead atoms. The van der Waals surface area contributed by atoms with Crippen molar-refractivity contribution in [2.45, 2.75) is 350 Å². The number of carbonyl (C=O) groups excluding carboxylic acids is 3. The molecule has 0 radical (unpaired) electrons. The van der Waals surface area contributed by atoms with Crippen LogP contribution in [0.25, 0.3) is 0 Å². The molecule has 0 aliphatic rings. The first-order valence-electron chi connectivity index (χ1n) is 36.3. The standard InChI is InChI=1S/C63H147N3O15Si15/c1-37-40-46-82(7,8)70-88(19,20)76-94(31,32)79-91(25,26)73-85(13,14)49-43-55(4)64-61(67)58-52-59(62(68)65-56(5)44-50-86(15,16)74-92(27,28)80-95(33,34)77-89(21,22)71-83(9,10)47-41-38-2)54-60(53-58)63(69)66-57(6)45-51-87(17,18)75-93(29,30)81-96(35,36)78-90(23,24)72-84(11,12)48-42-39-3/h52-57H,37-51H2,1-36H3,(H,64,67)(H,65,68)(H,66,69)/t55-,56-,57-/m1/s1. The Kier molecular flexibility index (Phi) is 37.0. The van der Waals surface area contributed by atoms with Gasteiger partial charge in [-0.25, -0.2) is 0 Å². The molecular formula is C63H147N3O15Si15. The molecule has 1 rings (SSSR count). The highest BCUT2D eigenvalue weighted by molar-refractivity contribution is 6.93. The Hall–Kier alpha value is 0.403. The van der Waals surface area contributed by atoms with Gasteiger partial charge < -0.3 is 65.3 Å². The van der Waals surface area contributed by atoms with Crippen LogP contribution in [0.3, 0.4) is 0 Å². The fraction of sp³-hybridized carbons (Fsp3) is 0.857. The van der Waals surface area contributed by atoms with E-state index in [1.54, 1.807) is 18.2 Å². The van der Waals surface area contributed by atoms with Crippen LogP contribution >= 0.6 is 0 Å². The van der Waals surface area contributed by atoms with E-state index >= 15 is 0 Å². The van der Waals surface area contributed by atoms with Gasteiger partial charge in [0.05, 0.1) is 0 Å². The van der Waals surface area contributed by atoms with Gasteiger partial charge in [-0.05, 0) is 291 Å². The number of benzene rings is 1. The van der Waals surface area contributed by atoms with Crippen molar-refractivity contribution in [3.8, 4) is 0 Å². The van der Waals surface area contributed by atoms with Gasteiger partial charge in [0, 0.05) is 34.8 Å². The van der Waals surface area contributed by atoms with Crippen LogP contribution in [0.5, 0.6) is 0 Å². The van der Waals surface area contributed by atoms with E-state index in [2.05, 4.69) is 233 Å². The van der Waals surface area contributed by atoms with Gasteiger partial charge >= 0.3 is 77.0 Å². The first-order valence-corrected chi connectivity index (χ1v) is 80.3. The summed E-state index contributed by atoms with van der Waals surface area (Å²) in [6, 6.07) is 9.68. The molecule has 18 nitrogen and oxygen atoms in total. The molecule has 96 heavy (non-hydrogen) atoms. The van der Waals surface area contributed by atoms with Crippen LogP contribution in [0.2, 0.25) is 233 Å². The number of hydrogen-bond acceptors (Lipinski definition) is 15. The number of amides is 3. The Labute approximate surface area is 604 Å². The summed E-state index contributed by atoms with van der Waals surface area (Å²) in [6.45, 7) is 77.7. The third-order valence-corrected chi connectivity index (χ3v) is 73.7. The molecule has 1 aromatic carbocycles. The second-order valence-corrected chi connectivity index (χ2v) is 94.3. The van der Waals surface area contributed by atoms with Crippen LogP contribution in [0.1, 0.15) is 130 Å². The molecule has 0 aliphatic heterocycles. The van der Waals surface area contributed by atoms with E-state index in [0.717, 1.165) is 74.8 Å². The molecule has 0 unspecified atom stereocenters. The first-order chi connectivity index (χ1) is 42.8. The predicted molar refractivity (Wildman–Crippen MR) is 440 cm³/mol. The van der Waals surface area contributed by atoms with Crippen LogP contribution in [0.4, 0.5) is 0 Å². The van der Waals surface area contributed by atoms with Crippen molar-refractivity contribution in [1.82, 2.24) is 16.0 Å². The highest BCUT2D eigenvalue weighted by Crippen LogP contribution is 2.34. The van der Waals surface area contributed by atoms with Gasteiger partial charge in [0.25, 0.3) is 17.7 Å². The van der Waals surface area contributed by atoms with Gasteiger partial charge in [-0.2, -0.15) is 0 Å². The van der Waals surface area contributed by atoms with Gasteiger partial charge in [-0.1, -0.05) is 59.3 Å². The van der Waals surface area contributed by atoms with Crippen molar-refractivity contribution >= 4 is 145 Å². The molecule has 0 aromatic heterocycles. The Bertz CT molecular complexity index is 2310. The van der Waals surface area contributed by atoms with E-state index in [4.69, 9.17) is 49.4 Å². The highest BCUT2D eigenvalue weighted by atomic mass is 28.5. The number of carbonyl (C=O) groups is 3. The van der Waals surface area contributed by atoms with Crippen molar-refractivity contribution in [1.29, 1.82) is 0 Å². The topological polar surface area (TPSA) is 198 Å². The molecule has 564 valence electrons. The minimum absolute atomic E-state index is 0.225. The fourth-order valence-electron chi connectivity index (χ4n) is 13.7. The Morgan fingerprint density at radius 1 is 0.271 bits per heavy atom. The van der Waals surface area contributed by atoms with Gasteiger partial charge in [-0.3, -0.25) is 14.4 Å². The lowest BCUT2D eigenvalue weighted by atomic mass is 10.0. The summed E-state index contributed by atoms with van der Waals surface area (Å²) in [4.78, 5) is 43.5. The van der Waals surface area contributed by atoms with Gasteiger partial charge in [0.15, 0.2) is 49.9 Å². The lowest BCUT2D eigenvalue weighted by molar-refractivity contribution is 0.0938. The fourth-order valence-corrected chi connectivity index (χ4v) is 88.4. The van der Waals surface area contributed by atoms with Crippen LogP contribution in [-0.2, 0) is 49.4 Å². The second-order valence-electron chi connectivity index (χ2n) is 35.2. The minimum Gasteiger partial charge on any atom is -0.436 e. The van der Waals surface area contributed by atoms with Crippen LogP contribution in [0, 0.1) is 0 Å². The molecule has 0 spiro atoms. The highest BCUT2D eigenvalue weighted by Gasteiger charge is 2.49. The van der Waals surface area contributed by atoms with Crippen LogP contribution in [0.15, 0.2) is 18.2 Å². The van der Waals surface area contributed by atoms with E-state index in [0.29, 0.717) is 19.3 Å². The summed E-state index contributed by atoms with van der Waals surface area (Å²) >= 11 is 0.